The van der Waals surface area contributed by atoms with Gasteiger partial charge in [-0.1, -0.05) is 47.1 Å². The molecule has 0 aromatic carbocycles. The van der Waals surface area contributed by atoms with Crippen LogP contribution in [0.5, 0.6) is 0 Å². The van der Waals surface area contributed by atoms with Gasteiger partial charge in [-0.2, -0.15) is 0 Å². The number of aliphatic hydroxyl groups excluding tert-OH is 3. The first-order chi connectivity index (χ1) is 30.1. The number of carbonyl (C=O) groups is 1. The van der Waals surface area contributed by atoms with E-state index < -0.39 is 28.7 Å². The van der Waals surface area contributed by atoms with Crippen LogP contribution < -0.4 is 0 Å². The van der Waals surface area contributed by atoms with Crippen LogP contribution in [0.15, 0.2) is 11.6 Å². The van der Waals surface area contributed by atoms with Crippen molar-refractivity contribution < 1.29 is 39.1 Å². The zero-order chi connectivity index (χ0) is 44.7. The number of hydrogen-bond acceptors (Lipinski definition) is 10. The van der Waals surface area contributed by atoms with Gasteiger partial charge in [0.2, 0.25) is 0 Å². The Labute approximate surface area is 380 Å². The number of rotatable bonds is 1. The maximum atomic E-state index is 14.2. The third kappa shape index (κ3) is 5.06. The van der Waals surface area contributed by atoms with Gasteiger partial charge in [-0.05, 0) is 150 Å². The molecule has 350 valence electrons. The summed E-state index contributed by atoms with van der Waals surface area (Å²) in [5.41, 5.74) is 4.12. The highest BCUT2D eigenvalue weighted by Gasteiger charge is 2.74. The van der Waals surface area contributed by atoms with E-state index in [1.165, 1.54) is 24.2 Å². The number of fused-ring (bicyclic) bond motifs is 13. The lowest BCUT2D eigenvalue weighted by Crippen LogP contribution is -2.66. The van der Waals surface area contributed by atoms with Gasteiger partial charge in [0.05, 0.1) is 65.0 Å². The summed E-state index contributed by atoms with van der Waals surface area (Å²) in [6, 6.07) is 0. The number of aromatic nitrogens is 2. The molecule has 4 saturated heterocycles. The normalized spacial score (nSPS) is 58.1. The van der Waals surface area contributed by atoms with E-state index >= 15 is 0 Å². The van der Waals surface area contributed by atoms with Crippen LogP contribution in [0.25, 0.3) is 0 Å². The van der Waals surface area contributed by atoms with Gasteiger partial charge in [0, 0.05) is 53.3 Å². The number of nitrogens with zero attached hydrogens (tertiary/aromatic N) is 2. The topological polar surface area (TPSA) is 140 Å². The SMILES string of the molecule is C[C@H]1[C@H]2[C@H](C[C@@H]3[C@@H]4CC[C@H]5Cc6nc7c(nc6C[C@]5(C)[C@H]4C[C@@H](O)[C@]23C)C[C@@H]2C[C@H](O)[C@H]3C4=CC(=O)[C@H]5[C@H](C)[C@@]6(CC[C@@](C)(CO)O6)O[C@H](C[C@@H]3[C@@]2(C)C7)[C@@]45C)O[C@@]12CCC(C)(C)O2. The average Bonchev–Trinajstić information content (AvgIpc) is 3.98. The summed E-state index contributed by atoms with van der Waals surface area (Å²) >= 11 is 0. The molecule has 10 heteroatoms. The lowest BCUT2D eigenvalue weighted by Gasteiger charge is -2.64. The molecule has 12 aliphatic rings. The van der Waals surface area contributed by atoms with Crippen LogP contribution in [0.3, 0.4) is 0 Å². The second kappa shape index (κ2) is 12.9. The van der Waals surface area contributed by atoms with Crippen molar-refractivity contribution >= 4 is 5.78 Å². The molecular formula is C54H76N2O8. The lowest BCUT2D eigenvalue weighted by molar-refractivity contribution is -0.351. The minimum Gasteiger partial charge on any atom is -0.393 e. The molecule has 3 N–H and O–H groups in total. The molecule has 0 bridgehead atoms. The number of ether oxygens (including phenoxy) is 4. The molecule has 1 aromatic rings. The quantitative estimate of drug-likeness (QED) is 0.260. The molecular weight excluding hydrogens is 805 g/mol. The van der Waals surface area contributed by atoms with Crippen molar-refractivity contribution in [3.8, 4) is 0 Å². The van der Waals surface area contributed by atoms with Crippen molar-refractivity contribution in [3.05, 3.63) is 34.4 Å². The van der Waals surface area contributed by atoms with Gasteiger partial charge in [0.15, 0.2) is 17.4 Å². The van der Waals surface area contributed by atoms with Crippen LogP contribution in [0.2, 0.25) is 0 Å². The predicted molar refractivity (Wildman–Crippen MR) is 237 cm³/mol. The summed E-state index contributed by atoms with van der Waals surface area (Å²) in [6.45, 7) is 20.4. The molecule has 5 heterocycles. The van der Waals surface area contributed by atoms with Crippen molar-refractivity contribution in [1.29, 1.82) is 0 Å². The minimum absolute atomic E-state index is 0.0497. The fourth-order valence-electron chi connectivity index (χ4n) is 19.9. The van der Waals surface area contributed by atoms with E-state index in [2.05, 4.69) is 55.4 Å². The molecule has 0 unspecified atom stereocenters. The molecule has 64 heavy (non-hydrogen) atoms. The van der Waals surface area contributed by atoms with Crippen molar-refractivity contribution in [1.82, 2.24) is 9.97 Å². The number of ketones is 1. The first kappa shape index (κ1) is 42.3. The maximum Gasteiger partial charge on any atom is 0.172 e. The summed E-state index contributed by atoms with van der Waals surface area (Å²) in [6.07, 6.45) is 13.5. The standard InChI is InChI=1S/C54H76N2O8/c1-26-45-40(59)19-34-44-33(22-43(52(34,45)9)62-54(26)15-13-48(5,25-57)64-54)50(7)24-38-36(17-29(50)18-39(44)58)56-37-23-49(6)28(16-35(37)55-38)10-11-30-31(49)21-42(60)51(8)32(30)20-41-46(51)27(2)53(61-41)14-12-47(3,4)63-53/h19,26-33,39,41-46,57-58,60H,10-18,20-25H2,1-9H3/t26-,27-,28-,29+,30+,31-,32+,33-,39-,41-,42+,43+,44+,45+,46-,48-,49-,50-,51+,52+,53+,54-/m0/s1. The van der Waals surface area contributed by atoms with Crippen molar-refractivity contribution in [2.75, 3.05) is 6.61 Å². The second-order valence-corrected chi connectivity index (χ2v) is 26.5. The van der Waals surface area contributed by atoms with E-state index in [9.17, 15) is 20.1 Å². The highest BCUT2D eigenvalue weighted by atomic mass is 16.7. The monoisotopic (exact) mass is 881 g/mol. The van der Waals surface area contributed by atoms with Crippen molar-refractivity contribution in [2.45, 2.75) is 199 Å². The van der Waals surface area contributed by atoms with E-state index in [-0.39, 0.29) is 88.1 Å². The average molecular weight is 881 g/mol. The van der Waals surface area contributed by atoms with Gasteiger partial charge >= 0.3 is 0 Å². The molecule has 8 aliphatic carbocycles. The minimum atomic E-state index is -0.910. The Kier molecular flexibility index (Phi) is 8.52. The molecule has 13 rings (SSSR count). The number of carbonyl (C=O) groups excluding carboxylic acids is 1. The number of allylic oxidation sites excluding steroid dienone is 1. The zero-order valence-electron chi connectivity index (χ0n) is 40.1. The Balaban J connectivity index is 0.783. The van der Waals surface area contributed by atoms with E-state index in [4.69, 9.17) is 28.9 Å². The van der Waals surface area contributed by atoms with E-state index in [0.29, 0.717) is 48.9 Å². The van der Waals surface area contributed by atoms with Crippen LogP contribution in [-0.2, 0) is 49.4 Å². The van der Waals surface area contributed by atoms with Crippen LogP contribution in [0.4, 0.5) is 0 Å². The highest BCUT2D eigenvalue weighted by molar-refractivity contribution is 5.97. The van der Waals surface area contributed by atoms with Gasteiger partial charge in [-0.15, -0.1) is 0 Å². The fraction of sp³-hybridized carbons (Fsp3) is 0.870. The third-order valence-electron chi connectivity index (χ3n) is 23.4. The van der Waals surface area contributed by atoms with Gasteiger partial charge in [0.1, 0.15) is 0 Å². The van der Waals surface area contributed by atoms with E-state index in [0.717, 1.165) is 74.7 Å². The van der Waals surface area contributed by atoms with Gasteiger partial charge in [-0.3, -0.25) is 14.8 Å². The van der Waals surface area contributed by atoms with Crippen LogP contribution in [0.1, 0.15) is 149 Å². The Morgan fingerprint density at radius 3 is 2.06 bits per heavy atom. The Morgan fingerprint density at radius 1 is 0.719 bits per heavy atom. The van der Waals surface area contributed by atoms with E-state index in [1.807, 2.05) is 13.0 Å². The van der Waals surface area contributed by atoms with E-state index in [1.54, 1.807) is 0 Å². The summed E-state index contributed by atoms with van der Waals surface area (Å²) in [4.78, 5) is 25.5. The first-order valence-corrected chi connectivity index (χ1v) is 26.0. The summed E-state index contributed by atoms with van der Waals surface area (Å²) in [7, 11) is 0. The Hall–Kier alpha value is -1.79. The summed E-state index contributed by atoms with van der Waals surface area (Å²) < 4.78 is 27.8. The zero-order valence-corrected chi connectivity index (χ0v) is 40.1. The van der Waals surface area contributed by atoms with Crippen molar-refractivity contribution in [2.24, 2.45) is 86.8 Å². The smallest absolute Gasteiger partial charge is 0.172 e. The van der Waals surface area contributed by atoms with Crippen LogP contribution in [0, 0.1) is 86.8 Å². The third-order valence-corrected chi connectivity index (χ3v) is 23.4. The lowest BCUT2D eigenvalue weighted by atomic mass is 9.43. The van der Waals surface area contributed by atoms with Gasteiger partial charge in [-0.25, -0.2) is 0 Å². The molecule has 0 radical (unpaired) electrons. The molecule has 22 atom stereocenters. The maximum absolute atomic E-state index is 14.2. The molecule has 9 fully saturated rings. The molecule has 1 aromatic heterocycles. The largest absolute Gasteiger partial charge is 0.393 e. The van der Waals surface area contributed by atoms with Gasteiger partial charge in [0.25, 0.3) is 0 Å². The second-order valence-electron chi connectivity index (χ2n) is 26.5. The molecule has 0 amide bonds. The highest BCUT2D eigenvalue weighted by Crippen LogP contribution is 2.73. The first-order valence-electron chi connectivity index (χ1n) is 26.0. The van der Waals surface area contributed by atoms with Gasteiger partial charge < -0.3 is 34.3 Å². The van der Waals surface area contributed by atoms with Crippen LogP contribution in [-0.4, -0.2) is 84.9 Å². The predicted octanol–water partition coefficient (Wildman–Crippen LogP) is 7.50. The molecule has 5 saturated carbocycles. The molecule has 4 aliphatic heterocycles. The van der Waals surface area contributed by atoms with Crippen molar-refractivity contribution in [3.63, 3.8) is 0 Å². The number of aliphatic hydroxyl groups is 3. The number of hydrogen-bond donors (Lipinski definition) is 3. The summed E-state index contributed by atoms with van der Waals surface area (Å²) in [5.74, 6) is 1.09. The Morgan fingerprint density at radius 2 is 1.39 bits per heavy atom. The molecule has 10 nitrogen and oxygen atoms in total. The molecule has 2 spiro atoms. The fourth-order valence-corrected chi connectivity index (χ4v) is 19.9. The Bertz CT molecular complexity index is 2250. The van der Waals surface area contributed by atoms with Crippen LogP contribution >= 0.6 is 0 Å². The summed E-state index contributed by atoms with van der Waals surface area (Å²) in [5, 5.41) is 35.1.